The van der Waals surface area contributed by atoms with Crippen molar-refractivity contribution in [3.05, 3.63) is 47.8 Å². The SMILES string of the molecule is CCCCCCCCCn1c(CNC(=O)c2cc(OC)c(OC)c(OC)c2)nc2ccccc21. The number of carbonyl (C=O) groups excluding carboxylic acids is 1. The fourth-order valence-corrected chi connectivity index (χ4v) is 4.21. The van der Waals surface area contributed by atoms with Gasteiger partial charge < -0.3 is 24.1 Å². The summed E-state index contributed by atoms with van der Waals surface area (Å²) in [6.45, 7) is 3.47. The van der Waals surface area contributed by atoms with Crippen LogP contribution in [0.3, 0.4) is 0 Å². The zero-order valence-electron chi connectivity index (χ0n) is 20.9. The molecule has 0 bridgehead atoms. The van der Waals surface area contributed by atoms with E-state index in [2.05, 4.69) is 22.9 Å². The smallest absolute Gasteiger partial charge is 0.251 e. The van der Waals surface area contributed by atoms with Crippen LogP contribution in [0.25, 0.3) is 11.0 Å². The fraction of sp³-hybridized carbons (Fsp3) is 0.481. The van der Waals surface area contributed by atoms with Crippen LogP contribution in [0, 0.1) is 0 Å². The van der Waals surface area contributed by atoms with Gasteiger partial charge in [-0.05, 0) is 30.7 Å². The Bertz CT molecular complexity index is 1050. The van der Waals surface area contributed by atoms with Crippen LogP contribution in [0.1, 0.15) is 68.1 Å². The van der Waals surface area contributed by atoms with E-state index in [1.807, 2.05) is 18.2 Å². The summed E-state index contributed by atoms with van der Waals surface area (Å²) < 4.78 is 18.3. The Balaban J connectivity index is 1.70. The molecule has 0 radical (unpaired) electrons. The number of nitrogens with zero attached hydrogens (tertiary/aromatic N) is 2. The summed E-state index contributed by atoms with van der Waals surface area (Å²) in [5, 5.41) is 3.01. The molecule has 0 fully saturated rings. The van der Waals surface area contributed by atoms with Gasteiger partial charge in [0.2, 0.25) is 5.75 Å². The van der Waals surface area contributed by atoms with Gasteiger partial charge in [0.1, 0.15) is 5.82 Å². The molecular formula is C27H37N3O4. The number of para-hydroxylation sites is 2. The van der Waals surface area contributed by atoms with Gasteiger partial charge in [-0.25, -0.2) is 4.98 Å². The average Bonchev–Trinajstić information content (AvgIpc) is 3.23. The summed E-state index contributed by atoms with van der Waals surface area (Å²) in [4.78, 5) is 17.8. The number of fused-ring (bicyclic) bond motifs is 1. The summed E-state index contributed by atoms with van der Waals surface area (Å²) in [5.41, 5.74) is 2.48. The minimum absolute atomic E-state index is 0.228. The van der Waals surface area contributed by atoms with Crippen molar-refractivity contribution in [2.24, 2.45) is 0 Å². The number of imidazole rings is 1. The maximum absolute atomic E-state index is 13.0. The largest absolute Gasteiger partial charge is 0.493 e. The van der Waals surface area contributed by atoms with E-state index < -0.39 is 0 Å². The second-order valence-electron chi connectivity index (χ2n) is 8.39. The molecule has 0 saturated carbocycles. The maximum Gasteiger partial charge on any atom is 0.251 e. The fourth-order valence-electron chi connectivity index (χ4n) is 4.21. The van der Waals surface area contributed by atoms with Gasteiger partial charge in [-0.15, -0.1) is 0 Å². The molecule has 1 heterocycles. The number of hydrogen-bond donors (Lipinski definition) is 1. The predicted molar refractivity (Wildman–Crippen MR) is 135 cm³/mol. The van der Waals surface area contributed by atoms with Crippen LogP contribution in [0.5, 0.6) is 17.2 Å². The van der Waals surface area contributed by atoms with E-state index in [4.69, 9.17) is 19.2 Å². The molecule has 1 N–H and O–H groups in total. The summed E-state index contributed by atoms with van der Waals surface area (Å²) in [7, 11) is 4.60. The maximum atomic E-state index is 13.0. The quantitative estimate of drug-likeness (QED) is 0.306. The Morgan fingerprint density at radius 2 is 1.56 bits per heavy atom. The summed E-state index contributed by atoms with van der Waals surface area (Å²) in [5.74, 6) is 1.97. The third kappa shape index (κ3) is 6.22. The number of benzene rings is 2. The van der Waals surface area contributed by atoms with Crippen LogP contribution in [-0.4, -0.2) is 36.8 Å². The van der Waals surface area contributed by atoms with Crippen LogP contribution in [0.15, 0.2) is 36.4 Å². The Labute approximate surface area is 202 Å². The van der Waals surface area contributed by atoms with E-state index in [9.17, 15) is 4.79 Å². The van der Waals surface area contributed by atoms with Crippen molar-refractivity contribution in [1.82, 2.24) is 14.9 Å². The molecule has 0 spiro atoms. The molecule has 0 saturated heterocycles. The zero-order chi connectivity index (χ0) is 24.3. The van der Waals surface area contributed by atoms with Crippen LogP contribution < -0.4 is 19.5 Å². The second-order valence-corrected chi connectivity index (χ2v) is 8.39. The first-order valence-electron chi connectivity index (χ1n) is 12.1. The summed E-state index contributed by atoms with van der Waals surface area (Å²) in [6.07, 6.45) is 8.78. The van der Waals surface area contributed by atoms with E-state index in [0.29, 0.717) is 29.4 Å². The minimum Gasteiger partial charge on any atom is -0.493 e. The van der Waals surface area contributed by atoms with Crippen molar-refractivity contribution in [2.75, 3.05) is 21.3 Å². The number of aryl methyl sites for hydroxylation is 1. The van der Waals surface area contributed by atoms with Gasteiger partial charge in [-0.3, -0.25) is 4.79 Å². The van der Waals surface area contributed by atoms with Crippen LogP contribution >= 0.6 is 0 Å². The van der Waals surface area contributed by atoms with Crippen molar-refractivity contribution >= 4 is 16.9 Å². The molecule has 0 aliphatic heterocycles. The Hall–Kier alpha value is -3.22. The number of methoxy groups -OCH3 is 3. The number of nitrogens with one attached hydrogen (secondary N) is 1. The van der Waals surface area contributed by atoms with E-state index in [0.717, 1.165) is 29.8 Å². The van der Waals surface area contributed by atoms with Gasteiger partial charge in [0.15, 0.2) is 11.5 Å². The minimum atomic E-state index is -0.228. The van der Waals surface area contributed by atoms with Crippen molar-refractivity contribution in [2.45, 2.75) is 65.0 Å². The number of amides is 1. The van der Waals surface area contributed by atoms with Gasteiger partial charge in [-0.2, -0.15) is 0 Å². The monoisotopic (exact) mass is 467 g/mol. The molecule has 1 amide bonds. The van der Waals surface area contributed by atoms with E-state index >= 15 is 0 Å². The van der Waals surface area contributed by atoms with E-state index in [1.165, 1.54) is 59.9 Å². The number of unbranched alkanes of at least 4 members (excludes halogenated alkanes) is 6. The van der Waals surface area contributed by atoms with Crippen LogP contribution in [0.2, 0.25) is 0 Å². The van der Waals surface area contributed by atoms with Crippen molar-refractivity contribution in [3.63, 3.8) is 0 Å². The van der Waals surface area contributed by atoms with Gasteiger partial charge in [0, 0.05) is 12.1 Å². The third-order valence-corrected chi connectivity index (χ3v) is 6.05. The van der Waals surface area contributed by atoms with Crippen LogP contribution in [-0.2, 0) is 13.1 Å². The predicted octanol–water partition coefficient (Wildman–Crippen LogP) is 5.74. The average molecular weight is 468 g/mol. The lowest BCUT2D eigenvalue weighted by atomic mass is 10.1. The van der Waals surface area contributed by atoms with E-state index in [1.54, 1.807) is 12.1 Å². The van der Waals surface area contributed by atoms with Crippen molar-refractivity contribution in [3.8, 4) is 17.2 Å². The first-order chi connectivity index (χ1) is 16.6. The molecule has 0 aliphatic carbocycles. The van der Waals surface area contributed by atoms with Gasteiger partial charge in [0.25, 0.3) is 5.91 Å². The molecule has 3 rings (SSSR count). The topological polar surface area (TPSA) is 74.6 Å². The normalized spacial score (nSPS) is 10.9. The molecule has 184 valence electrons. The highest BCUT2D eigenvalue weighted by atomic mass is 16.5. The standard InChI is InChI=1S/C27H37N3O4/c1-5-6-7-8-9-10-13-16-30-22-15-12-11-14-21(22)29-25(30)19-28-27(31)20-17-23(32-2)26(34-4)24(18-20)33-3/h11-12,14-15,17-18H,5-10,13,16,19H2,1-4H3,(H,28,31). The molecule has 2 aromatic carbocycles. The second kappa shape index (κ2) is 12.9. The highest BCUT2D eigenvalue weighted by Gasteiger charge is 2.18. The number of hydrogen-bond acceptors (Lipinski definition) is 5. The van der Waals surface area contributed by atoms with Gasteiger partial charge in [0.05, 0.1) is 38.9 Å². The highest BCUT2D eigenvalue weighted by molar-refractivity contribution is 5.95. The molecule has 0 unspecified atom stereocenters. The molecule has 0 atom stereocenters. The summed E-state index contributed by atoms with van der Waals surface area (Å²) in [6, 6.07) is 11.4. The number of rotatable bonds is 14. The van der Waals surface area contributed by atoms with Gasteiger partial charge in [-0.1, -0.05) is 57.6 Å². The van der Waals surface area contributed by atoms with Crippen molar-refractivity contribution in [1.29, 1.82) is 0 Å². The lowest BCUT2D eigenvalue weighted by Gasteiger charge is -2.14. The summed E-state index contributed by atoms with van der Waals surface area (Å²) >= 11 is 0. The molecule has 3 aromatic rings. The molecule has 7 heteroatoms. The molecule has 34 heavy (non-hydrogen) atoms. The zero-order valence-corrected chi connectivity index (χ0v) is 20.9. The lowest BCUT2D eigenvalue weighted by molar-refractivity contribution is 0.0948. The van der Waals surface area contributed by atoms with Gasteiger partial charge >= 0.3 is 0 Å². The first kappa shape index (κ1) is 25.4. The number of ether oxygens (including phenoxy) is 3. The highest BCUT2D eigenvalue weighted by Crippen LogP contribution is 2.38. The van der Waals surface area contributed by atoms with Crippen molar-refractivity contribution < 1.29 is 19.0 Å². The number of carbonyl (C=O) groups is 1. The first-order valence-corrected chi connectivity index (χ1v) is 12.1. The lowest BCUT2D eigenvalue weighted by Crippen LogP contribution is -2.25. The molecule has 0 aliphatic rings. The number of aromatic nitrogens is 2. The molecule has 7 nitrogen and oxygen atoms in total. The molecule has 1 aromatic heterocycles. The van der Waals surface area contributed by atoms with Crippen LogP contribution in [0.4, 0.5) is 0 Å². The third-order valence-electron chi connectivity index (χ3n) is 6.05. The Kier molecular flexibility index (Phi) is 9.62. The Morgan fingerprint density at radius 1 is 0.912 bits per heavy atom. The molecular weight excluding hydrogens is 430 g/mol. The Morgan fingerprint density at radius 3 is 2.21 bits per heavy atom. The van der Waals surface area contributed by atoms with E-state index in [-0.39, 0.29) is 5.91 Å².